The van der Waals surface area contributed by atoms with E-state index >= 15 is 0 Å². The van der Waals surface area contributed by atoms with Crippen molar-refractivity contribution in [3.63, 3.8) is 0 Å². The molecule has 0 spiro atoms. The van der Waals surface area contributed by atoms with Crippen LogP contribution in [0.3, 0.4) is 0 Å². The minimum absolute atomic E-state index is 0.784. The molecule has 0 N–H and O–H groups in total. The van der Waals surface area contributed by atoms with E-state index in [2.05, 4.69) is 45.0 Å². The average Bonchev–Trinajstić information content (AvgIpc) is 2.85. The molecule has 1 aliphatic heterocycles. The fourth-order valence-electron chi connectivity index (χ4n) is 2.12. The smallest absolute Gasteiger partial charge is 0.130 e. The second-order valence-corrected chi connectivity index (χ2v) is 5.08. The molecule has 3 rings (SSSR count). The van der Waals surface area contributed by atoms with Gasteiger partial charge in [0, 0.05) is 18.4 Å². The molecule has 18 heavy (non-hydrogen) atoms. The van der Waals surface area contributed by atoms with Crippen LogP contribution in [0, 0.1) is 0 Å². The zero-order valence-electron chi connectivity index (χ0n) is 10.1. The van der Waals surface area contributed by atoms with Crippen molar-refractivity contribution in [3.8, 4) is 17.0 Å². The van der Waals surface area contributed by atoms with Gasteiger partial charge in [-0.05, 0) is 45.8 Å². The number of fused-ring (bicyclic) bond motifs is 1. The molecular weight excluding hydrogens is 292 g/mol. The summed E-state index contributed by atoms with van der Waals surface area (Å²) in [6.07, 6.45) is 1.82. The molecule has 0 saturated carbocycles. The predicted octanol–water partition coefficient (Wildman–Crippen LogP) is 3.40. The van der Waals surface area contributed by atoms with Crippen molar-refractivity contribution in [1.82, 2.24) is 9.97 Å². The molecule has 0 atom stereocenters. The quantitative estimate of drug-likeness (QED) is 0.798. The normalized spacial score (nSPS) is 13.2. The summed E-state index contributed by atoms with van der Waals surface area (Å²) in [5, 5.41) is 0. The van der Waals surface area contributed by atoms with E-state index in [1.54, 1.807) is 0 Å². The van der Waals surface area contributed by atoms with Crippen molar-refractivity contribution in [1.29, 1.82) is 0 Å². The van der Waals surface area contributed by atoms with E-state index in [-0.39, 0.29) is 0 Å². The van der Waals surface area contributed by atoms with Crippen molar-refractivity contribution in [2.45, 2.75) is 19.8 Å². The van der Waals surface area contributed by atoms with Gasteiger partial charge < -0.3 is 4.74 Å². The molecule has 0 fully saturated rings. The van der Waals surface area contributed by atoms with Crippen molar-refractivity contribution >= 4 is 15.9 Å². The van der Waals surface area contributed by atoms with Crippen LogP contribution in [0.5, 0.6) is 5.75 Å². The molecule has 1 aromatic heterocycles. The summed E-state index contributed by atoms with van der Waals surface area (Å²) in [5.41, 5.74) is 3.35. The third-order valence-electron chi connectivity index (χ3n) is 3.04. The SMILES string of the molecule is CCc1nc(Br)cc(-c2ccc3c(c2)CCO3)n1. The molecule has 1 aromatic carbocycles. The number of aryl methyl sites for hydroxylation is 1. The van der Waals surface area contributed by atoms with Crippen LogP contribution in [0.15, 0.2) is 28.9 Å². The highest BCUT2D eigenvalue weighted by atomic mass is 79.9. The molecule has 0 saturated heterocycles. The zero-order chi connectivity index (χ0) is 12.5. The number of aromatic nitrogens is 2. The molecule has 0 aliphatic carbocycles. The Kier molecular flexibility index (Phi) is 3.04. The lowest BCUT2D eigenvalue weighted by Gasteiger charge is -2.06. The van der Waals surface area contributed by atoms with Gasteiger partial charge in [0.15, 0.2) is 0 Å². The van der Waals surface area contributed by atoms with Crippen LogP contribution in [0.2, 0.25) is 0 Å². The molecule has 0 unspecified atom stereocenters. The van der Waals surface area contributed by atoms with Gasteiger partial charge in [0.2, 0.25) is 0 Å². The maximum absolute atomic E-state index is 5.52. The Balaban J connectivity index is 2.06. The maximum Gasteiger partial charge on any atom is 0.130 e. The van der Waals surface area contributed by atoms with Crippen LogP contribution in [-0.4, -0.2) is 16.6 Å². The van der Waals surface area contributed by atoms with E-state index in [1.165, 1.54) is 5.56 Å². The number of hydrogen-bond acceptors (Lipinski definition) is 3. The van der Waals surface area contributed by atoms with E-state index in [9.17, 15) is 0 Å². The number of nitrogens with zero attached hydrogens (tertiary/aromatic N) is 2. The first-order chi connectivity index (χ1) is 8.76. The number of rotatable bonds is 2. The van der Waals surface area contributed by atoms with Gasteiger partial charge in [-0.1, -0.05) is 6.92 Å². The van der Waals surface area contributed by atoms with E-state index in [0.29, 0.717) is 0 Å². The Morgan fingerprint density at radius 3 is 3.00 bits per heavy atom. The molecule has 92 valence electrons. The first-order valence-corrected chi connectivity index (χ1v) is 6.85. The molecule has 3 nitrogen and oxygen atoms in total. The third-order valence-corrected chi connectivity index (χ3v) is 3.45. The lowest BCUT2D eigenvalue weighted by atomic mass is 10.1. The Labute approximate surface area is 114 Å². The zero-order valence-corrected chi connectivity index (χ0v) is 11.7. The van der Waals surface area contributed by atoms with E-state index < -0.39 is 0 Å². The van der Waals surface area contributed by atoms with Gasteiger partial charge in [0.25, 0.3) is 0 Å². The van der Waals surface area contributed by atoms with Crippen LogP contribution in [-0.2, 0) is 12.8 Å². The number of halogens is 1. The van der Waals surface area contributed by atoms with Gasteiger partial charge in [0.05, 0.1) is 12.3 Å². The summed E-state index contributed by atoms with van der Waals surface area (Å²) < 4.78 is 6.35. The summed E-state index contributed by atoms with van der Waals surface area (Å²) in [6.45, 7) is 2.84. The highest BCUT2D eigenvalue weighted by molar-refractivity contribution is 9.10. The highest BCUT2D eigenvalue weighted by Gasteiger charge is 2.13. The lowest BCUT2D eigenvalue weighted by molar-refractivity contribution is 0.357. The second-order valence-electron chi connectivity index (χ2n) is 4.27. The summed E-state index contributed by atoms with van der Waals surface area (Å²) in [4.78, 5) is 8.90. The van der Waals surface area contributed by atoms with Crippen molar-refractivity contribution < 1.29 is 4.74 Å². The van der Waals surface area contributed by atoms with E-state index in [0.717, 1.165) is 46.9 Å². The van der Waals surface area contributed by atoms with Crippen molar-refractivity contribution in [3.05, 3.63) is 40.3 Å². The van der Waals surface area contributed by atoms with E-state index in [1.807, 2.05) is 12.1 Å². The van der Waals surface area contributed by atoms with Gasteiger partial charge in [-0.25, -0.2) is 9.97 Å². The monoisotopic (exact) mass is 304 g/mol. The topological polar surface area (TPSA) is 35.0 Å². The minimum atomic E-state index is 0.784. The molecule has 0 amide bonds. The molecular formula is C14H13BrN2O. The second kappa shape index (κ2) is 4.69. The van der Waals surface area contributed by atoms with Crippen LogP contribution in [0.1, 0.15) is 18.3 Å². The van der Waals surface area contributed by atoms with Gasteiger partial charge in [-0.3, -0.25) is 0 Å². The third kappa shape index (κ3) is 2.12. The Hall–Kier alpha value is -1.42. The fourth-order valence-corrected chi connectivity index (χ4v) is 2.54. The first kappa shape index (κ1) is 11.7. The molecule has 2 heterocycles. The van der Waals surface area contributed by atoms with Crippen LogP contribution in [0.25, 0.3) is 11.3 Å². The molecule has 4 heteroatoms. The average molecular weight is 305 g/mol. The van der Waals surface area contributed by atoms with Crippen LogP contribution in [0.4, 0.5) is 0 Å². The summed E-state index contributed by atoms with van der Waals surface area (Å²) in [7, 11) is 0. The number of benzene rings is 1. The summed E-state index contributed by atoms with van der Waals surface area (Å²) >= 11 is 3.44. The largest absolute Gasteiger partial charge is 0.493 e. The van der Waals surface area contributed by atoms with Gasteiger partial charge in [-0.15, -0.1) is 0 Å². The molecule has 0 radical (unpaired) electrons. The standard InChI is InChI=1S/C14H13BrN2O/c1-2-14-16-11(8-13(15)17-14)9-3-4-12-10(7-9)5-6-18-12/h3-4,7-8H,2,5-6H2,1H3. The summed E-state index contributed by atoms with van der Waals surface area (Å²) in [5.74, 6) is 1.86. The van der Waals surface area contributed by atoms with Gasteiger partial charge >= 0.3 is 0 Å². The molecule has 0 bridgehead atoms. The Bertz CT molecular complexity index is 598. The van der Waals surface area contributed by atoms with Gasteiger partial charge in [0.1, 0.15) is 16.2 Å². The Morgan fingerprint density at radius 1 is 1.28 bits per heavy atom. The van der Waals surface area contributed by atoms with Crippen molar-refractivity contribution in [2.24, 2.45) is 0 Å². The first-order valence-electron chi connectivity index (χ1n) is 6.06. The minimum Gasteiger partial charge on any atom is -0.493 e. The number of ether oxygens (including phenoxy) is 1. The molecule has 1 aliphatic rings. The van der Waals surface area contributed by atoms with Crippen molar-refractivity contribution in [2.75, 3.05) is 6.61 Å². The van der Waals surface area contributed by atoms with Crippen LogP contribution < -0.4 is 4.74 Å². The summed E-state index contributed by atoms with van der Waals surface area (Å²) in [6, 6.07) is 8.20. The lowest BCUT2D eigenvalue weighted by Crippen LogP contribution is -1.96. The fraction of sp³-hybridized carbons (Fsp3) is 0.286. The maximum atomic E-state index is 5.52. The Morgan fingerprint density at radius 2 is 2.17 bits per heavy atom. The molecule has 2 aromatic rings. The predicted molar refractivity (Wildman–Crippen MR) is 73.7 cm³/mol. The van der Waals surface area contributed by atoms with Crippen LogP contribution >= 0.6 is 15.9 Å². The number of hydrogen-bond donors (Lipinski definition) is 0. The highest BCUT2D eigenvalue weighted by Crippen LogP contribution is 2.30. The van der Waals surface area contributed by atoms with Gasteiger partial charge in [-0.2, -0.15) is 0 Å². The van der Waals surface area contributed by atoms with E-state index in [4.69, 9.17) is 4.74 Å².